The number of Topliss-reactive ketones (excluding diaryl/α,β-unsaturated/α-hetero) is 1. The lowest BCUT2D eigenvalue weighted by Crippen LogP contribution is -2.48. The van der Waals surface area contributed by atoms with E-state index in [1.165, 1.54) is 29.2 Å². The van der Waals surface area contributed by atoms with E-state index in [1.54, 1.807) is 7.11 Å². The lowest BCUT2D eigenvalue weighted by Gasteiger charge is -2.36. The van der Waals surface area contributed by atoms with Gasteiger partial charge in [-0.15, -0.1) is 0 Å². The fourth-order valence-electron chi connectivity index (χ4n) is 5.41. The van der Waals surface area contributed by atoms with Gasteiger partial charge in [-0.05, 0) is 18.1 Å². The van der Waals surface area contributed by atoms with Crippen molar-refractivity contribution in [1.29, 1.82) is 0 Å². The summed E-state index contributed by atoms with van der Waals surface area (Å²) in [6, 6.07) is 11.6. The van der Waals surface area contributed by atoms with E-state index in [2.05, 4.69) is 0 Å². The van der Waals surface area contributed by atoms with Crippen molar-refractivity contribution in [3.05, 3.63) is 75.8 Å². The lowest BCUT2D eigenvalue weighted by atomic mass is 9.86. The number of hydrogen-bond acceptors (Lipinski definition) is 7. The number of nitro benzene ring substituents is 1. The molecule has 9 nitrogen and oxygen atoms in total. The van der Waals surface area contributed by atoms with E-state index < -0.39 is 34.6 Å². The predicted octanol–water partition coefficient (Wildman–Crippen LogP) is 2.70. The second-order valence-electron chi connectivity index (χ2n) is 8.66. The third-order valence-electron chi connectivity index (χ3n) is 6.85. The normalized spacial score (nSPS) is 24.7. The van der Waals surface area contributed by atoms with Crippen molar-refractivity contribution < 1.29 is 24.0 Å². The molecule has 4 atom stereocenters. The number of imide groups is 1. The number of methoxy groups -OCH3 is 1. The fraction of sp³-hybridized carbons (Fsp3) is 0.320. The van der Waals surface area contributed by atoms with Crippen LogP contribution in [0, 0.1) is 22.0 Å². The summed E-state index contributed by atoms with van der Waals surface area (Å²) in [6.45, 7) is 0.633. The number of rotatable bonds is 7. The number of likely N-dealkylation sites (tertiary alicyclic amines) is 1. The van der Waals surface area contributed by atoms with Gasteiger partial charge >= 0.3 is 0 Å². The highest BCUT2D eigenvalue weighted by atomic mass is 16.6. The third-order valence-corrected chi connectivity index (χ3v) is 6.85. The molecule has 2 amide bonds. The maximum Gasteiger partial charge on any atom is 0.270 e. The van der Waals surface area contributed by atoms with Crippen molar-refractivity contribution in [3.8, 4) is 0 Å². The Hall–Kier alpha value is -3.85. The molecular weight excluding hydrogens is 438 g/mol. The number of hydrogen-bond donors (Lipinski definition) is 0. The van der Waals surface area contributed by atoms with Crippen molar-refractivity contribution in [2.75, 3.05) is 25.2 Å². The number of non-ortho nitro benzene ring substituents is 1. The van der Waals surface area contributed by atoms with Crippen molar-refractivity contribution in [1.82, 2.24) is 4.90 Å². The first-order valence-electron chi connectivity index (χ1n) is 11.1. The molecule has 3 aliphatic heterocycles. The summed E-state index contributed by atoms with van der Waals surface area (Å²) in [5, 5.41) is 11.3. The van der Waals surface area contributed by atoms with E-state index >= 15 is 0 Å². The van der Waals surface area contributed by atoms with Crippen LogP contribution in [0.4, 0.5) is 11.4 Å². The van der Waals surface area contributed by atoms with Crippen LogP contribution in [-0.4, -0.2) is 59.8 Å². The Bertz CT molecular complexity index is 1220. The number of carbonyl (C=O) groups is 3. The predicted molar refractivity (Wildman–Crippen MR) is 123 cm³/mol. The minimum absolute atomic E-state index is 0.142. The minimum Gasteiger partial charge on any atom is -0.385 e. The molecular formula is C25H23N3O6. The molecule has 3 heterocycles. The summed E-state index contributed by atoms with van der Waals surface area (Å²) in [4.78, 5) is 54.6. The zero-order valence-corrected chi connectivity index (χ0v) is 18.5. The van der Waals surface area contributed by atoms with Crippen LogP contribution < -0.4 is 4.90 Å². The molecule has 0 N–H and O–H groups in total. The number of ether oxygens (including phenoxy) is 1. The molecule has 9 heteroatoms. The molecule has 0 aromatic heterocycles. The number of nitrogens with zero attached hydrogens (tertiary/aromatic N) is 3. The molecule has 3 aliphatic rings. The Morgan fingerprint density at radius 2 is 1.85 bits per heavy atom. The van der Waals surface area contributed by atoms with Crippen LogP contribution in [0.25, 0.3) is 6.08 Å². The summed E-state index contributed by atoms with van der Waals surface area (Å²) >= 11 is 0. The van der Waals surface area contributed by atoms with E-state index in [9.17, 15) is 24.5 Å². The molecule has 4 unspecified atom stereocenters. The zero-order valence-electron chi connectivity index (χ0n) is 18.5. The fourth-order valence-corrected chi connectivity index (χ4v) is 5.41. The number of benzene rings is 2. The van der Waals surface area contributed by atoms with Gasteiger partial charge in [0.05, 0.1) is 22.8 Å². The highest BCUT2D eigenvalue weighted by Gasteiger charge is 2.63. The maximum absolute atomic E-state index is 13.9. The molecule has 5 rings (SSSR count). The van der Waals surface area contributed by atoms with Crippen LogP contribution in [0.15, 0.2) is 54.6 Å². The van der Waals surface area contributed by atoms with Gasteiger partial charge in [0.2, 0.25) is 11.8 Å². The molecule has 0 radical (unpaired) electrons. The van der Waals surface area contributed by atoms with Crippen LogP contribution in [0.1, 0.15) is 22.3 Å². The number of nitro groups is 1. The third kappa shape index (κ3) is 3.31. The van der Waals surface area contributed by atoms with Gasteiger partial charge in [0, 0.05) is 43.6 Å². The van der Waals surface area contributed by atoms with E-state index in [0.29, 0.717) is 13.0 Å². The average Bonchev–Trinajstić information content (AvgIpc) is 3.32. The largest absolute Gasteiger partial charge is 0.385 e. The SMILES string of the molecule is COCCCN1C(=O)C2C(C1=O)C(C(=O)c1cccc([N+](=O)[O-])c1)N1c3ccccc3C=CC21. The Balaban J connectivity index is 1.59. The summed E-state index contributed by atoms with van der Waals surface area (Å²) in [5.74, 6) is -2.66. The van der Waals surface area contributed by atoms with Gasteiger partial charge in [-0.3, -0.25) is 29.4 Å². The molecule has 0 bridgehead atoms. The number of para-hydroxylation sites is 1. The van der Waals surface area contributed by atoms with Crippen LogP contribution in [0.3, 0.4) is 0 Å². The quantitative estimate of drug-likeness (QED) is 0.205. The highest BCUT2D eigenvalue weighted by molar-refractivity contribution is 6.14. The Labute approximate surface area is 195 Å². The topological polar surface area (TPSA) is 110 Å². The summed E-state index contributed by atoms with van der Waals surface area (Å²) in [7, 11) is 1.55. The number of ketones is 1. The van der Waals surface area contributed by atoms with Crippen LogP contribution >= 0.6 is 0 Å². The molecule has 0 spiro atoms. The van der Waals surface area contributed by atoms with E-state index in [0.717, 1.165) is 11.3 Å². The van der Waals surface area contributed by atoms with E-state index in [4.69, 9.17) is 4.74 Å². The van der Waals surface area contributed by atoms with Crippen LogP contribution in [-0.2, 0) is 14.3 Å². The van der Waals surface area contributed by atoms with Gasteiger partial charge in [0.25, 0.3) is 5.69 Å². The average molecular weight is 461 g/mol. The first kappa shape index (κ1) is 22.0. The number of fused-ring (bicyclic) bond motifs is 5. The first-order chi connectivity index (χ1) is 16.4. The van der Waals surface area contributed by atoms with Gasteiger partial charge in [-0.25, -0.2) is 0 Å². The smallest absolute Gasteiger partial charge is 0.270 e. The van der Waals surface area contributed by atoms with Gasteiger partial charge < -0.3 is 9.64 Å². The van der Waals surface area contributed by atoms with Gasteiger partial charge in [0.15, 0.2) is 5.78 Å². The van der Waals surface area contributed by atoms with Gasteiger partial charge in [0.1, 0.15) is 6.04 Å². The van der Waals surface area contributed by atoms with Crippen molar-refractivity contribution in [3.63, 3.8) is 0 Å². The zero-order chi connectivity index (χ0) is 24.0. The molecule has 34 heavy (non-hydrogen) atoms. The monoisotopic (exact) mass is 461 g/mol. The van der Waals surface area contributed by atoms with E-state index in [-0.39, 0.29) is 29.6 Å². The Morgan fingerprint density at radius 1 is 1.09 bits per heavy atom. The van der Waals surface area contributed by atoms with Gasteiger partial charge in [-0.2, -0.15) is 0 Å². The summed E-state index contributed by atoms with van der Waals surface area (Å²) < 4.78 is 5.06. The summed E-state index contributed by atoms with van der Waals surface area (Å²) in [6.07, 6.45) is 4.30. The second kappa shape index (κ2) is 8.49. The standard InChI is InChI=1S/C25H23N3O6/c1-34-13-5-12-26-24(30)20-19-11-10-15-6-2-3-9-18(15)27(19)22(21(20)25(26)31)23(29)16-7-4-8-17(14-16)28(32)33/h2-4,6-11,14,19-22H,5,12-13H2,1H3. The van der Waals surface area contributed by atoms with Crippen molar-refractivity contribution in [2.45, 2.75) is 18.5 Å². The molecule has 0 aliphatic carbocycles. The van der Waals surface area contributed by atoms with Crippen LogP contribution in [0.2, 0.25) is 0 Å². The number of carbonyl (C=O) groups excluding carboxylic acids is 3. The lowest BCUT2D eigenvalue weighted by molar-refractivity contribution is -0.384. The first-order valence-corrected chi connectivity index (χ1v) is 11.1. The van der Waals surface area contributed by atoms with Crippen molar-refractivity contribution >= 4 is 35.0 Å². The van der Waals surface area contributed by atoms with Gasteiger partial charge in [-0.1, -0.05) is 42.5 Å². The molecule has 0 saturated carbocycles. The molecule has 2 aromatic rings. The molecule has 2 aromatic carbocycles. The Kier molecular flexibility index (Phi) is 5.49. The molecule has 2 fully saturated rings. The maximum atomic E-state index is 13.9. The molecule has 174 valence electrons. The van der Waals surface area contributed by atoms with Crippen LogP contribution in [0.5, 0.6) is 0 Å². The van der Waals surface area contributed by atoms with E-state index in [1.807, 2.05) is 41.3 Å². The Morgan fingerprint density at radius 3 is 2.62 bits per heavy atom. The second-order valence-corrected chi connectivity index (χ2v) is 8.66. The number of amides is 2. The summed E-state index contributed by atoms with van der Waals surface area (Å²) in [5.41, 5.74) is 1.58. The van der Waals surface area contributed by atoms with Crippen molar-refractivity contribution in [2.24, 2.45) is 11.8 Å². The highest BCUT2D eigenvalue weighted by Crippen LogP contribution is 2.49. The minimum atomic E-state index is -0.952. The molecule has 2 saturated heterocycles. The number of anilines is 1.